The van der Waals surface area contributed by atoms with E-state index in [-0.39, 0.29) is 11.4 Å². The summed E-state index contributed by atoms with van der Waals surface area (Å²) in [5.74, 6) is -1.86. The van der Waals surface area contributed by atoms with Crippen LogP contribution in [0.25, 0.3) is 11.1 Å². The first-order valence-electron chi connectivity index (χ1n) is 10.4. The molecule has 0 aliphatic carbocycles. The summed E-state index contributed by atoms with van der Waals surface area (Å²) in [6.07, 6.45) is 3.55. The molecule has 0 bridgehead atoms. The van der Waals surface area contributed by atoms with Gasteiger partial charge in [0, 0.05) is 25.4 Å². The van der Waals surface area contributed by atoms with Crippen LogP contribution >= 0.6 is 0 Å². The van der Waals surface area contributed by atoms with Crippen molar-refractivity contribution in [3.05, 3.63) is 113 Å². The average Bonchev–Trinajstić information content (AvgIpc) is 3.22. The Morgan fingerprint density at radius 1 is 1.00 bits per heavy atom. The van der Waals surface area contributed by atoms with Crippen LogP contribution in [0, 0.1) is 11.6 Å². The predicted molar refractivity (Wildman–Crippen MR) is 120 cm³/mol. The largest absolute Gasteiger partial charge is 0.478 e. The van der Waals surface area contributed by atoms with Gasteiger partial charge in [0.05, 0.1) is 18.5 Å². The number of benzene rings is 3. The van der Waals surface area contributed by atoms with E-state index in [0.717, 1.165) is 11.3 Å². The number of hydrogen-bond acceptors (Lipinski definition) is 3. The summed E-state index contributed by atoms with van der Waals surface area (Å²) >= 11 is 0. The maximum atomic E-state index is 13.5. The standard InChI is InChI=1S/C26H22F2N2O3/c1-30-16-29-15-22(30)12-13-33-25(18-4-9-21(28)10-5-18)19-6-11-23(26(31)32)24(14-19)17-2-7-20(27)8-3-17/h2-11,14-16,25H,12-13H2,1H3,(H,31,32). The lowest BCUT2D eigenvalue weighted by atomic mass is 9.93. The first-order valence-corrected chi connectivity index (χ1v) is 10.4. The van der Waals surface area contributed by atoms with Gasteiger partial charge in [0.1, 0.15) is 17.7 Å². The number of ether oxygens (including phenoxy) is 1. The SMILES string of the molecule is Cn1cncc1CCOC(c1ccc(F)cc1)c1ccc(C(=O)O)c(-c2ccc(F)cc2)c1. The normalized spacial score (nSPS) is 12.0. The molecule has 0 aliphatic rings. The van der Waals surface area contributed by atoms with Crippen molar-refractivity contribution in [2.24, 2.45) is 7.05 Å². The van der Waals surface area contributed by atoms with Gasteiger partial charge in [-0.05, 0) is 58.7 Å². The number of rotatable bonds is 8. The predicted octanol–water partition coefficient (Wildman–Crippen LogP) is 5.41. The molecular weight excluding hydrogens is 426 g/mol. The molecule has 7 heteroatoms. The molecule has 0 saturated carbocycles. The van der Waals surface area contributed by atoms with Crippen LogP contribution in [0.3, 0.4) is 0 Å². The highest BCUT2D eigenvalue weighted by Gasteiger charge is 2.20. The molecule has 5 nitrogen and oxygen atoms in total. The number of carbonyl (C=O) groups is 1. The number of imidazole rings is 1. The number of halogens is 2. The summed E-state index contributed by atoms with van der Waals surface area (Å²) in [6.45, 7) is 0.369. The second-order valence-electron chi connectivity index (χ2n) is 7.67. The molecule has 0 radical (unpaired) electrons. The zero-order chi connectivity index (χ0) is 23.4. The summed E-state index contributed by atoms with van der Waals surface area (Å²) in [7, 11) is 1.90. The van der Waals surface area contributed by atoms with Crippen LogP contribution in [-0.4, -0.2) is 27.2 Å². The number of aryl methyl sites for hydroxylation is 1. The molecule has 1 N–H and O–H groups in total. The van der Waals surface area contributed by atoms with E-state index in [9.17, 15) is 18.7 Å². The van der Waals surface area contributed by atoms with Gasteiger partial charge in [-0.15, -0.1) is 0 Å². The molecule has 0 aliphatic heterocycles. The van der Waals surface area contributed by atoms with Gasteiger partial charge in [0.15, 0.2) is 0 Å². The van der Waals surface area contributed by atoms with Gasteiger partial charge < -0.3 is 14.4 Å². The number of nitrogens with zero attached hydrogens (tertiary/aromatic N) is 2. The second-order valence-corrected chi connectivity index (χ2v) is 7.67. The minimum absolute atomic E-state index is 0.0955. The molecule has 0 fully saturated rings. The van der Waals surface area contributed by atoms with Crippen molar-refractivity contribution in [2.45, 2.75) is 12.5 Å². The lowest BCUT2D eigenvalue weighted by Crippen LogP contribution is -2.11. The third kappa shape index (κ3) is 5.15. The first-order chi connectivity index (χ1) is 15.9. The summed E-state index contributed by atoms with van der Waals surface area (Å²) in [5, 5.41) is 9.68. The van der Waals surface area contributed by atoms with Crippen molar-refractivity contribution in [2.75, 3.05) is 6.61 Å². The highest BCUT2D eigenvalue weighted by Crippen LogP contribution is 2.32. The van der Waals surface area contributed by atoms with E-state index in [1.807, 2.05) is 11.6 Å². The Hall–Kier alpha value is -3.84. The third-order valence-electron chi connectivity index (χ3n) is 5.46. The van der Waals surface area contributed by atoms with E-state index in [2.05, 4.69) is 4.98 Å². The smallest absolute Gasteiger partial charge is 0.336 e. The minimum Gasteiger partial charge on any atom is -0.478 e. The fourth-order valence-electron chi connectivity index (χ4n) is 3.71. The summed E-state index contributed by atoms with van der Waals surface area (Å²) in [4.78, 5) is 15.9. The van der Waals surface area contributed by atoms with E-state index in [1.165, 1.54) is 42.5 Å². The van der Waals surface area contributed by atoms with Gasteiger partial charge >= 0.3 is 5.97 Å². The number of aromatic nitrogens is 2. The fourth-order valence-corrected chi connectivity index (χ4v) is 3.71. The van der Waals surface area contributed by atoms with E-state index in [4.69, 9.17) is 4.74 Å². The Morgan fingerprint density at radius 2 is 1.64 bits per heavy atom. The number of carboxylic acids is 1. The third-order valence-corrected chi connectivity index (χ3v) is 5.46. The first kappa shape index (κ1) is 22.4. The number of hydrogen-bond donors (Lipinski definition) is 1. The Balaban J connectivity index is 1.71. The highest BCUT2D eigenvalue weighted by atomic mass is 19.1. The van der Waals surface area contributed by atoms with Crippen molar-refractivity contribution in [3.63, 3.8) is 0 Å². The zero-order valence-corrected chi connectivity index (χ0v) is 17.9. The average molecular weight is 448 g/mol. The molecule has 0 saturated heterocycles. The maximum Gasteiger partial charge on any atom is 0.336 e. The van der Waals surface area contributed by atoms with Crippen LogP contribution in [0.2, 0.25) is 0 Å². The van der Waals surface area contributed by atoms with E-state index >= 15 is 0 Å². The Morgan fingerprint density at radius 3 is 2.24 bits per heavy atom. The Kier molecular flexibility index (Phi) is 6.60. The van der Waals surface area contributed by atoms with Gasteiger partial charge in [-0.2, -0.15) is 0 Å². The lowest BCUT2D eigenvalue weighted by molar-refractivity contribution is 0.0696. The van der Waals surface area contributed by atoms with Gasteiger partial charge in [-0.3, -0.25) is 0 Å². The quantitative estimate of drug-likeness (QED) is 0.391. The van der Waals surface area contributed by atoms with Crippen LogP contribution in [0.5, 0.6) is 0 Å². The van der Waals surface area contributed by atoms with E-state index in [1.54, 1.807) is 36.8 Å². The highest BCUT2D eigenvalue weighted by molar-refractivity contribution is 5.96. The monoisotopic (exact) mass is 448 g/mol. The molecule has 1 heterocycles. The molecule has 4 aromatic rings. The van der Waals surface area contributed by atoms with Crippen molar-refractivity contribution in [1.82, 2.24) is 9.55 Å². The van der Waals surface area contributed by atoms with Gasteiger partial charge in [0.2, 0.25) is 0 Å². The summed E-state index contributed by atoms with van der Waals surface area (Å²) in [5.41, 5.74) is 3.55. The molecule has 0 amide bonds. The lowest BCUT2D eigenvalue weighted by Gasteiger charge is -2.21. The van der Waals surface area contributed by atoms with Crippen LogP contribution < -0.4 is 0 Å². The molecule has 33 heavy (non-hydrogen) atoms. The molecule has 0 spiro atoms. The molecule has 4 rings (SSSR count). The second kappa shape index (κ2) is 9.75. The van der Waals surface area contributed by atoms with Crippen LogP contribution in [0.4, 0.5) is 8.78 Å². The van der Waals surface area contributed by atoms with Crippen LogP contribution in [0.1, 0.15) is 33.3 Å². The molecule has 1 aromatic heterocycles. The minimum atomic E-state index is -1.09. The maximum absolute atomic E-state index is 13.5. The van der Waals surface area contributed by atoms with Crippen molar-refractivity contribution in [3.8, 4) is 11.1 Å². The topological polar surface area (TPSA) is 64.4 Å². The fraction of sp³-hybridized carbons (Fsp3) is 0.154. The Bertz CT molecular complexity index is 1250. The molecule has 1 atom stereocenters. The van der Waals surface area contributed by atoms with Crippen molar-refractivity contribution in [1.29, 1.82) is 0 Å². The molecular formula is C26H22F2N2O3. The van der Waals surface area contributed by atoms with E-state index < -0.39 is 17.9 Å². The van der Waals surface area contributed by atoms with Gasteiger partial charge in [-0.1, -0.05) is 30.3 Å². The number of aromatic carboxylic acids is 1. The van der Waals surface area contributed by atoms with Crippen LogP contribution in [0.15, 0.2) is 79.3 Å². The van der Waals surface area contributed by atoms with Crippen LogP contribution in [-0.2, 0) is 18.2 Å². The van der Waals surface area contributed by atoms with Gasteiger partial charge in [0.25, 0.3) is 0 Å². The van der Waals surface area contributed by atoms with Crippen molar-refractivity contribution < 1.29 is 23.4 Å². The van der Waals surface area contributed by atoms with Gasteiger partial charge in [-0.25, -0.2) is 18.6 Å². The van der Waals surface area contributed by atoms with Crippen molar-refractivity contribution >= 4 is 5.97 Å². The zero-order valence-electron chi connectivity index (χ0n) is 17.9. The Labute approximate surface area is 189 Å². The molecule has 1 unspecified atom stereocenters. The molecule has 3 aromatic carbocycles. The number of carboxylic acid groups (broad SMARTS) is 1. The molecule has 168 valence electrons. The van der Waals surface area contributed by atoms with E-state index in [0.29, 0.717) is 29.7 Å². The summed E-state index contributed by atoms with van der Waals surface area (Å²) in [6, 6.07) is 16.6. The summed E-state index contributed by atoms with van der Waals surface area (Å²) < 4.78 is 35.1.